The molecule has 1 aliphatic rings. The lowest BCUT2D eigenvalue weighted by molar-refractivity contribution is -0.382. The van der Waals surface area contributed by atoms with E-state index in [4.69, 9.17) is 4.74 Å². The van der Waals surface area contributed by atoms with Gasteiger partial charge in [-0.2, -0.15) is 47.9 Å². The number of benzene rings is 2. The van der Waals surface area contributed by atoms with Gasteiger partial charge in [-0.3, -0.25) is 0 Å². The number of fused-ring (bicyclic) bond motifs is 1. The zero-order chi connectivity index (χ0) is 27.9. The molecule has 4 nitrogen and oxygen atoms in total. The van der Waals surface area contributed by atoms with Gasteiger partial charge in [-0.15, -0.1) is 0 Å². The molecule has 0 saturated carbocycles. The summed E-state index contributed by atoms with van der Waals surface area (Å²) in [5.74, 6) is -14.8. The second kappa shape index (κ2) is 10.0. The van der Waals surface area contributed by atoms with E-state index in [0.717, 1.165) is 6.42 Å². The fraction of sp³-hybridized carbons (Fsp3) is 0.545. The minimum absolute atomic E-state index is 0.0497. The Hall–Kier alpha value is -1.87. The van der Waals surface area contributed by atoms with Crippen molar-refractivity contribution in [2.75, 3.05) is 18.1 Å². The zero-order valence-corrected chi connectivity index (χ0v) is 20.9. The average molecular weight is 587 g/mol. The topological polar surface area (TPSA) is 52.6 Å². The number of alkyl halides is 9. The molecule has 1 fully saturated rings. The summed E-state index contributed by atoms with van der Waals surface area (Å²) in [5.41, 5.74) is 0. The van der Waals surface area contributed by atoms with Gasteiger partial charge in [0.2, 0.25) is 0 Å². The van der Waals surface area contributed by atoms with Crippen LogP contribution in [0.1, 0.15) is 32.6 Å². The molecule has 0 amide bonds. The minimum atomic E-state index is -7.36. The average Bonchev–Trinajstić information content (AvgIpc) is 3.26. The van der Waals surface area contributed by atoms with Crippen molar-refractivity contribution in [3.05, 3.63) is 36.4 Å². The molecule has 0 aliphatic carbocycles. The molecule has 1 saturated heterocycles. The van der Waals surface area contributed by atoms with Crippen molar-refractivity contribution < 1.29 is 56.3 Å². The molecule has 1 aliphatic heterocycles. The molecule has 3 rings (SSSR count). The molecular weight excluding hydrogens is 563 g/mol. The monoisotopic (exact) mass is 586 g/mol. The van der Waals surface area contributed by atoms with Crippen LogP contribution >= 0.6 is 10.3 Å². The van der Waals surface area contributed by atoms with E-state index in [9.17, 15) is 47.9 Å². The standard InChI is InChI=1S/C22H23F9O4S2/c1-2-3-12-34-17-10-11-18(16-9-5-4-8-15(16)17)36(13-6-7-14-36)35-37(32,33)22(30,31)20(25,26)19(23,24)21(27,28)29/h4-5,8-11H,2-3,6-7,12-14H2,1H3. The van der Waals surface area contributed by atoms with Gasteiger partial charge in [-0.1, -0.05) is 47.9 Å². The molecule has 0 unspecified atom stereocenters. The Labute approximate surface area is 208 Å². The van der Waals surface area contributed by atoms with Crippen LogP contribution in [-0.4, -0.2) is 49.8 Å². The molecule has 210 valence electrons. The smallest absolute Gasteiger partial charge is 0.460 e. The minimum Gasteiger partial charge on any atom is -0.493 e. The van der Waals surface area contributed by atoms with Crippen LogP contribution in [0.3, 0.4) is 0 Å². The van der Waals surface area contributed by atoms with E-state index in [0.29, 0.717) is 29.5 Å². The largest absolute Gasteiger partial charge is 0.493 e. The molecular formula is C22H23F9O4S2. The first-order valence-corrected chi connectivity index (χ1v) is 14.3. The molecule has 0 aromatic heterocycles. The summed E-state index contributed by atoms with van der Waals surface area (Å²) in [6, 6.07) is 8.96. The third-order valence-electron chi connectivity index (χ3n) is 5.85. The van der Waals surface area contributed by atoms with Crippen molar-refractivity contribution in [1.82, 2.24) is 0 Å². The summed E-state index contributed by atoms with van der Waals surface area (Å²) in [6.07, 6.45) is -5.19. The van der Waals surface area contributed by atoms with Gasteiger partial charge < -0.3 is 4.74 Å². The number of unbranched alkanes of at least 4 members (excludes halogenated alkanes) is 1. The first kappa shape index (κ1) is 29.7. The van der Waals surface area contributed by atoms with Crippen LogP contribution in [0.2, 0.25) is 0 Å². The van der Waals surface area contributed by atoms with Gasteiger partial charge in [0.1, 0.15) is 5.75 Å². The Balaban J connectivity index is 2.10. The molecule has 0 bridgehead atoms. The Morgan fingerprint density at radius 1 is 0.838 bits per heavy atom. The van der Waals surface area contributed by atoms with E-state index in [-0.39, 0.29) is 29.2 Å². The molecule has 0 spiro atoms. The summed E-state index contributed by atoms with van der Waals surface area (Å²) >= 11 is 0. The maximum absolute atomic E-state index is 14.4. The molecule has 2 aromatic carbocycles. The number of hydrogen-bond donors (Lipinski definition) is 0. The second-order valence-electron chi connectivity index (χ2n) is 8.42. The fourth-order valence-corrected chi connectivity index (χ4v) is 9.72. The van der Waals surface area contributed by atoms with Crippen molar-refractivity contribution in [1.29, 1.82) is 0 Å². The van der Waals surface area contributed by atoms with Gasteiger partial charge in [0.05, 0.1) is 6.61 Å². The van der Waals surface area contributed by atoms with Crippen LogP contribution < -0.4 is 4.74 Å². The Bertz CT molecular complexity index is 1220. The van der Waals surface area contributed by atoms with Crippen molar-refractivity contribution in [3.63, 3.8) is 0 Å². The summed E-state index contributed by atoms with van der Waals surface area (Å²) in [6.45, 7) is 2.26. The summed E-state index contributed by atoms with van der Waals surface area (Å²) < 4.78 is 156. The maximum Gasteiger partial charge on any atom is 0.460 e. The third kappa shape index (κ3) is 4.98. The highest BCUT2D eigenvalue weighted by Crippen LogP contribution is 2.66. The van der Waals surface area contributed by atoms with Crippen LogP contribution in [0.15, 0.2) is 41.3 Å². The highest BCUT2D eigenvalue weighted by atomic mass is 32.3. The quantitative estimate of drug-likeness (QED) is 0.212. The van der Waals surface area contributed by atoms with Crippen molar-refractivity contribution in [3.8, 4) is 5.75 Å². The lowest BCUT2D eigenvalue weighted by atomic mass is 10.1. The SMILES string of the molecule is CCCCOc1ccc(S2(OS(=O)(=O)C(F)(F)C(F)(F)C(F)(F)C(F)(F)F)CCCC2)c2ccccc12. The normalized spacial score (nSPS) is 18.2. The zero-order valence-electron chi connectivity index (χ0n) is 19.3. The van der Waals surface area contributed by atoms with Crippen LogP contribution in [-0.2, 0) is 13.7 Å². The summed E-state index contributed by atoms with van der Waals surface area (Å²) in [7, 11) is -10.4. The molecule has 1 heterocycles. The highest BCUT2D eigenvalue weighted by molar-refractivity contribution is 8.33. The van der Waals surface area contributed by atoms with Crippen LogP contribution in [0.4, 0.5) is 39.5 Å². The molecule has 15 heteroatoms. The lowest BCUT2D eigenvalue weighted by Gasteiger charge is -2.38. The fourth-order valence-electron chi connectivity index (χ4n) is 3.85. The maximum atomic E-state index is 14.4. The third-order valence-corrected chi connectivity index (χ3v) is 11.5. The van der Waals surface area contributed by atoms with Gasteiger partial charge >= 0.3 is 33.4 Å². The van der Waals surface area contributed by atoms with Crippen molar-refractivity contribution in [2.24, 2.45) is 0 Å². The van der Waals surface area contributed by atoms with Gasteiger partial charge in [-0.25, -0.2) is 3.63 Å². The van der Waals surface area contributed by atoms with Crippen LogP contribution in [0.5, 0.6) is 5.75 Å². The highest BCUT2D eigenvalue weighted by Gasteiger charge is 2.86. The van der Waals surface area contributed by atoms with E-state index < -0.39 is 43.7 Å². The Morgan fingerprint density at radius 2 is 1.41 bits per heavy atom. The first-order chi connectivity index (χ1) is 17.0. The van der Waals surface area contributed by atoms with Crippen LogP contribution in [0.25, 0.3) is 10.8 Å². The molecule has 2 aromatic rings. The lowest BCUT2D eigenvalue weighted by Crippen LogP contribution is -2.63. The van der Waals surface area contributed by atoms with Gasteiger partial charge in [-0.05, 0) is 36.8 Å². The van der Waals surface area contributed by atoms with E-state index in [1.54, 1.807) is 12.1 Å². The van der Waals surface area contributed by atoms with E-state index in [1.165, 1.54) is 24.3 Å². The number of halogens is 9. The van der Waals surface area contributed by atoms with Gasteiger partial charge in [0, 0.05) is 21.8 Å². The van der Waals surface area contributed by atoms with E-state index in [1.807, 2.05) is 6.92 Å². The van der Waals surface area contributed by atoms with E-state index >= 15 is 0 Å². The van der Waals surface area contributed by atoms with Crippen LogP contribution in [0, 0.1) is 0 Å². The summed E-state index contributed by atoms with van der Waals surface area (Å²) in [4.78, 5) is 0.0497. The first-order valence-electron chi connectivity index (χ1n) is 11.0. The number of rotatable bonds is 10. The van der Waals surface area contributed by atoms with Gasteiger partial charge in [0.25, 0.3) is 0 Å². The Kier molecular flexibility index (Phi) is 8.04. The predicted molar refractivity (Wildman–Crippen MR) is 120 cm³/mol. The predicted octanol–water partition coefficient (Wildman–Crippen LogP) is 7.66. The van der Waals surface area contributed by atoms with Gasteiger partial charge in [0.15, 0.2) is 0 Å². The molecule has 0 radical (unpaired) electrons. The van der Waals surface area contributed by atoms with E-state index in [2.05, 4.69) is 3.63 Å². The summed E-state index contributed by atoms with van der Waals surface area (Å²) in [5, 5.41) is -6.18. The second-order valence-corrected chi connectivity index (χ2v) is 13.3. The molecule has 37 heavy (non-hydrogen) atoms. The van der Waals surface area contributed by atoms with Crippen molar-refractivity contribution in [2.45, 2.75) is 60.8 Å². The van der Waals surface area contributed by atoms with Crippen molar-refractivity contribution >= 4 is 31.2 Å². The Morgan fingerprint density at radius 3 is 1.95 bits per heavy atom. The molecule has 0 atom stereocenters. The number of hydrogen-bond acceptors (Lipinski definition) is 4. The number of ether oxygens (including phenoxy) is 1. The molecule has 0 N–H and O–H groups in total.